The summed E-state index contributed by atoms with van der Waals surface area (Å²) in [6.45, 7) is 3.07. The molecule has 8 heteroatoms. The quantitative estimate of drug-likeness (QED) is 0.245. The van der Waals surface area contributed by atoms with Crippen LogP contribution in [0.5, 0.6) is 0 Å². The summed E-state index contributed by atoms with van der Waals surface area (Å²) in [5, 5.41) is 0.481. The Morgan fingerprint density at radius 3 is 2.55 bits per heavy atom. The number of hydrogen-bond acceptors (Lipinski definition) is 5. The van der Waals surface area contributed by atoms with Crippen molar-refractivity contribution in [3.8, 4) is 0 Å². The fourth-order valence-electron chi connectivity index (χ4n) is 4.96. The van der Waals surface area contributed by atoms with Crippen LogP contribution in [0.15, 0.2) is 92.7 Å². The second-order valence-corrected chi connectivity index (χ2v) is 11.1. The Labute approximate surface area is 241 Å². The topological polar surface area (TPSA) is 80.1 Å². The minimum absolute atomic E-state index is 0.0544. The maximum atomic E-state index is 13.9. The van der Waals surface area contributed by atoms with Crippen LogP contribution in [-0.4, -0.2) is 47.4 Å². The molecule has 2 heterocycles. The Bertz CT molecular complexity index is 1560. The largest absolute Gasteiger partial charge is 0.464 e. The first-order valence-electron chi connectivity index (χ1n) is 13.4. The van der Waals surface area contributed by atoms with Gasteiger partial charge < -0.3 is 19.0 Å². The minimum atomic E-state index is -0.270. The summed E-state index contributed by atoms with van der Waals surface area (Å²) in [5.41, 5.74) is 3.07. The van der Waals surface area contributed by atoms with Crippen molar-refractivity contribution in [2.75, 3.05) is 19.7 Å². The molecule has 3 aromatic carbocycles. The molecular formula is C32H31BrN2O5. The van der Waals surface area contributed by atoms with Crippen LogP contribution in [0, 0.1) is 6.92 Å². The zero-order valence-electron chi connectivity index (χ0n) is 22.3. The van der Waals surface area contributed by atoms with Gasteiger partial charge in [-0.1, -0.05) is 64.0 Å². The Morgan fingerprint density at radius 1 is 0.975 bits per heavy atom. The molecule has 5 rings (SSSR count). The molecule has 2 amide bonds. The summed E-state index contributed by atoms with van der Waals surface area (Å²) in [6.07, 6.45) is 3.07. The van der Waals surface area contributed by atoms with Crippen LogP contribution in [0.25, 0.3) is 11.0 Å². The second-order valence-electron chi connectivity index (χ2n) is 10.2. The van der Waals surface area contributed by atoms with Gasteiger partial charge in [-0.15, -0.1) is 0 Å². The fraction of sp³-hybridized carbons (Fsp3) is 0.281. The van der Waals surface area contributed by atoms with Crippen molar-refractivity contribution in [1.29, 1.82) is 0 Å². The summed E-state index contributed by atoms with van der Waals surface area (Å²) in [6, 6.07) is 22.2. The number of carbonyl (C=O) groups excluding carboxylic acids is 2. The highest BCUT2D eigenvalue weighted by atomic mass is 79.9. The van der Waals surface area contributed by atoms with Crippen molar-refractivity contribution in [2.45, 2.75) is 39.0 Å². The number of fused-ring (bicyclic) bond motifs is 1. The van der Waals surface area contributed by atoms with Crippen molar-refractivity contribution in [2.24, 2.45) is 0 Å². The van der Waals surface area contributed by atoms with Crippen molar-refractivity contribution < 1.29 is 18.7 Å². The van der Waals surface area contributed by atoms with Crippen LogP contribution >= 0.6 is 15.9 Å². The summed E-state index contributed by atoms with van der Waals surface area (Å²) >= 11 is 3.44. The fourth-order valence-corrected chi connectivity index (χ4v) is 5.36. The highest BCUT2D eigenvalue weighted by Gasteiger charge is 2.28. The van der Waals surface area contributed by atoms with E-state index >= 15 is 0 Å². The van der Waals surface area contributed by atoms with E-state index in [9.17, 15) is 14.4 Å². The van der Waals surface area contributed by atoms with Gasteiger partial charge in [-0.2, -0.15) is 0 Å². The molecule has 206 valence electrons. The molecule has 0 radical (unpaired) electrons. The molecule has 1 aromatic heterocycles. The summed E-state index contributed by atoms with van der Waals surface area (Å²) in [4.78, 5) is 44.1. The first-order chi connectivity index (χ1) is 19.4. The molecule has 4 aromatic rings. The molecule has 7 nitrogen and oxygen atoms in total. The van der Waals surface area contributed by atoms with Gasteiger partial charge in [-0.3, -0.25) is 14.4 Å². The van der Waals surface area contributed by atoms with Gasteiger partial charge in [0.1, 0.15) is 12.1 Å². The summed E-state index contributed by atoms with van der Waals surface area (Å²) in [7, 11) is 0. The molecular weight excluding hydrogens is 572 g/mol. The predicted octanol–water partition coefficient (Wildman–Crippen LogP) is 5.71. The lowest BCUT2D eigenvalue weighted by Gasteiger charge is -2.29. The number of ether oxygens (including phenoxy) is 1. The molecule has 1 atom stereocenters. The highest BCUT2D eigenvalue weighted by Crippen LogP contribution is 2.19. The van der Waals surface area contributed by atoms with Crippen LogP contribution in [0.3, 0.4) is 0 Å². The van der Waals surface area contributed by atoms with E-state index in [1.807, 2.05) is 49.4 Å². The maximum absolute atomic E-state index is 13.9. The third kappa shape index (κ3) is 6.69. The van der Waals surface area contributed by atoms with Gasteiger partial charge in [0.25, 0.3) is 5.91 Å². The monoisotopic (exact) mass is 602 g/mol. The van der Waals surface area contributed by atoms with Crippen LogP contribution in [0.2, 0.25) is 0 Å². The first kappa shape index (κ1) is 27.8. The number of aryl methyl sites for hydroxylation is 1. The van der Waals surface area contributed by atoms with Crippen molar-refractivity contribution in [1.82, 2.24) is 9.80 Å². The average molecular weight is 604 g/mol. The van der Waals surface area contributed by atoms with Gasteiger partial charge >= 0.3 is 0 Å². The lowest BCUT2D eigenvalue weighted by Crippen LogP contribution is -2.45. The highest BCUT2D eigenvalue weighted by molar-refractivity contribution is 9.10. The molecule has 1 aliphatic rings. The third-order valence-electron chi connectivity index (χ3n) is 7.06. The molecule has 1 fully saturated rings. The van der Waals surface area contributed by atoms with Crippen molar-refractivity contribution in [3.63, 3.8) is 0 Å². The number of halogens is 1. The molecule has 0 unspecified atom stereocenters. The average Bonchev–Trinajstić information content (AvgIpc) is 3.47. The molecule has 1 saturated heterocycles. The number of carbonyl (C=O) groups is 2. The number of amides is 2. The molecule has 0 N–H and O–H groups in total. The van der Waals surface area contributed by atoms with Crippen LogP contribution in [0.4, 0.5) is 0 Å². The molecule has 0 bridgehead atoms. The second kappa shape index (κ2) is 12.6. The SMILES string of the molecule is Cc1ccc2occ(CN(Cc3ccccc3)C(=O)CN(C[C@@H]3CCCO3)C(=O)c3cccc(Br)c3)c(=O)c2c1. The van der Waals surface area contributed by atoms with Gasteiger partial charge in [0.05, 0.1) is 29.9 Å². The van der Waals surface area contributed by atoms with E-state index in [2.05, 4.69) is 15.9 Å². The van der Waals surface area contributed by atoms with E-state index in [1.54, 1.807) is 40.1 Å². The standard InChI is InChI=1S/C32H31BrN2O5/c1-22-12-13-29-28(15-22)31(37)25(21-40-29)18-34(17-23-7-3-2-4-8-23)30(36)20-35(19-27-11-6-14-39-27)32(38)24-9-5-10-26(33)16-24/h2-5,7-10,12-13,15-16,21,27H,6,11,14,17-20H2,1H3/t27-/m0/s1. The van der Waals surface area contributed by atoms with Crippen LogP contribution < -0.4 is 5.43 Å². The van der Waals surface area contributed by atoms with Crippen molar-refractivity contribution in [3.05, 3.63) is 116 Å². The van der Waals surface area contributed by atoms with Gasteiger partial charge in [0.2, 0.25) is 5.91 Å². The normalized spacial score (nSPS) is 14.8. The zero-order valence-corrected chi connectivity index (χ0v) is 23.9. The van der Waals surface area contributed by atoms with E-state index in [0.717, 1.165) is 28.4 Å². The molecule has 40 heavy (non-hydrogen) atoms. The number of nitrogens with zero attached hydrogens (tertiary/aromatic N) is 2. The molecule has 0 aliphatic carbocycles. The van der Waals surface area contributed by atoms with Crippen LogP contribution in [0.1, 0.15) is 39.9 Å². The van der Waals surface area contributed by atoms with E-state index in [-0.39, 0.29) is 43.0 Å². The van der Waals surface area contributed by atoms with Gasteiger partial charge in [0.15, 0.2) is 5.43 Å². The van der Waals surface area contributed by atoms with E-state index in [4.69, 9.17) is 9.15 Å². The zero-order chi connectivity index (χ0) is 28.1. The van der Waals surface area contributed by atoms with Gasteiger partial charge in [-0.05, 0) is 55.7 Å². The lowest BCUT2D eigenvalue weighted by molar-refractivity contribution is -0.133. The predicted molar refractivity (Wildman–Crippen MR) is 157 cm³/mol. The number of rotatable bonds is 9. The van der Waals surface area contributed by atoms with E-state index < -0.39 is 0 Å². The van der Waals surface area contributed by atoms with E-state index in [1.165, 1.54) is 6.26 Å². The number of hydrogen-bond donors (Lipinski definition) is 0. The number of benzene rings is 3. The summed E-state index contributed by atoms with van der Waals surface area (Å²) < 4.78 is 12.4. The van der Waals surface area contributed by atoms with Gasteiger partial charge in [-0.25, -0.2) is 0 Å². The first-order valence-corrected chi connectivity index (χ1v) is 14.2. The minimum Gasteiger partial charge on any atom is -0.464 e. The third-order valence-corrected chi connectivity index (χ3v) is 7.56. The molecule has 1 aliphatic heterocycles. The smallest absolute Gasteiger partial charge is 0.254 e. The Balaban J connectivity index is 1.44. The molecule has 0 spiro atoms. The summed E-state index contributed by atoms with van der Waals surface area (Å²) in [5.74, 6) is -0.514. The Morgan fingerprint density at radius 2 is 1.80 bits per heavy atom. The lowest BCUT2D eigenvalue weighted by atomic mass is 10.1. The van der Waals surface area contributed by atoms with Gasteiger partial charge in [0, 0.05) is 29.7 Å². The Kier molecular flexibility index (Phi) is 8.77. The van der Waals surface area contributed by atoms with Crippen molar-refractivity contribution >= 4 is 38.7 Å². The molecule has 0 saturated carbocycles. The van der Waals surface area contributed by atoms with E-state index in [0.29, 0.717) is 35.2 Å². The van der Waals surface area contributed by atoms with Crippen LogP contribution in [-0.2, 0) is 22.6 Å². The maximum Gasteiger partial charge on any atom is 0.254 e. The Hall–Kier alpha value is -3.75.